The van der Waals surface area contributed by atoms with Crippen molar-refractivity contribution in [3.63, 3.8) is 0 Å². The average molecular weight is 493 g/mol. The van der Waals surface area contributed by atoms with Crippen LogP contribution in [0.4, 0.5) is 0 Å². The molecule has 0 aliphatic heterocycles. The highest BCUT2D eigenvalue weighted by atomic mass is 127. The van der Waals surface area contributed by atoms with Crippen molar-refractivity contribution in [2.24, 2.45) is 4.99 Å². The third kappa shape index (κ3) is 5.60. The Bertz CT molecular complexity index is 905. The highest BCUT2D eigenvalue weighted by Crippen LogP contribution is 2.15. The highest BCUT2D eigenvalue weighted by Gasteiger charge is 2.06. The number of ether oxygens (including phenoxy) is 1. The van der Waals surface area contributed by atoms with Gasteiger partial charge in [-0.05, 0) is 43.7 Å². The third-order valence-electron chi connectivity index (χ3n) is 4.40. The van der Waals surface area contributed by atoms with Crippen LogP contribution in [0, 0.1) is 6.92 Å². The summed E-state index contributed by atoms with van der Waals surface area (Å²) in [4.78, 5) is 9.29. The van der Waals surface area contributed by atoms with E-state index < -0.39 is 0 Å². The molecule has 0 aliphatic carbocycles. The lowest BCUT2D eigenvalue weighted by molar-refractivity contribution is 0.414. The highest BCUT2D eigenvalue weighted by molar-refractivity contribution is 14.0. The van der Waals surface area contributed by atoms with Gasteiger partial charge < -0.3 is 19.9 Å². The Balaban J connectivity index is 0.00000280. The van der Waals surface area contributed by atoms with E-state index in [-0.39, 0.29) is 24.0 Å². The first-order valence-corrected chi connectivity index (χ1v) is 9.28. The summed E-state index contributed by atoms with van der Waals surface area (Å²) in [6.07, 6.45) is 0. The monoisotopic (exact) mass is 493 g/mol. The molecule has 0 saturated carbocycles. The van der Waals surface area contributed by atoms with Crippen LogP contribution in [0.5, 0.6) is 5.75 Å². The molecule has 1 heterocycles. The van der Waals surface area contributed by atoms with Crippen molar-refractivity contribution in [3.8, 4) is 5.75 Å². The van der Waals surface area contributed by atoms with Crippen molar-refractivity contribution in [2.75, 3.05) is 20.2 Å². The van der Waals surface area contributed by atoms with E-state index in [2.05, 4.69) is 38.2 Å². The second-order valence-corrected chi connectivity index (χ2v) is 6.27. The molecular formula is C21H28IN5O. The molecule has 0 spiro atoms. The van der Waals surface area contributed by atoms with E-state index in [0.29, 0.717) is 6.54 Å². The zero-order valence-corrected chi connectivity index (χ0v) is 18.9. The number of nitrogens with one attached hydrogen (secondary N) is 2. The molecule has 0 atom stereocenters. The predicted octanol–water partition coefficient (Wildman–Crippen LogP) is 3.73. The van der Waals surface area contributed by atoms with Gasteiger partial charge in [0.15, 0.2) is 5.96 Å². The molecule has 0 radical (unpaired) electrons. The maximum atomic E-state index is 5.19. The minimum Gasteiger partial charge on any atom is -0.497 e. The van der Waals surface area contributed by atoms with Gasteiger partial charge in [0.05, 0.1) is 24.7 Å². The van der Waals surface area contributed by atoms with Crippen LogP contribution in [-0.2, 0) is 13.1 Å². The zero-order chi connectivity index (χ0) is 19.1. The van der Waals surface area contributed by atoms with Gasteiger partial charge in [-0.15, -0.1) is 24.0 Å². The van der Waals surface area contributed by atoms with Gasteiger partial charge in [-0.1, -0.05) is 24.3 Å². The number of aromatic nitrogens is 2. The first-order chi connectivity index (χ1) is 13.2. The molecule has 2 aromatic carbocycles. The second kappa shape index (κ2) is 10.9. The zero-order valence-electron chi connectivity index (χ0n) is 16.6. The first kappa shape index (κ1) is 22.0. The second-order valence-electron chi connectivity index (χ2n) is 6.27. The molecule has 0 bridgehead atoms. The van der Waals surface area contributed by atoms with Crippen LogP contribution in [-0.4, -0.2) is 35.7 Å². The number of imidazole rings is 1. The summed E-state index contributed by atoms with van der Waals surface area (Å²) in [7, 11) is 1.67. The summed E-state index contributed by atoms with van der Waals surface area (Å²) in [6.45, 7) is 7.16. The maximum absolute atomic E-state index is 5.19. The fourth-order valence-corrected chi connectivity index (χ4v) is 3.01. The standard InChI is InChI=1S/C21H27N5O.HI/c1-4-22-21(24-15-17-9-11-18(27-3)12-10-17)23-13-14-26-16(2)25-19-7-5-6-8-20(19)26;/h5-12H,4,13-15H2,1-3H3,(H2,22,23,24);1H. The summed E-state index contributed by atoms with van der Waals surface area (Å²) in [5.41, 5.74) is 3.34. The summed E-state index contributed by atoms with van der Waals surface area (Å²) in [5, 5.41) is 6.71. The molecule has 7 heteroatoms. The number of guanidine groups is 1. The van der Waals surface area contributed by atoms with Crippen LogP contribution in [0.2, 0.25) is 0 Å². The SMILES string of the molecule is CCNC(=NCc1ccc(OC)cc1)NCCn1c(C)nc2ccccc21.I. The number of hydrogen-bond acceptors (Lipinski definition) is 3. The Morgan fingerprint density at radius 2 is 1.86 bits per heavy atom. The van der Waals surface area contributed by atoms with E-state index in [4.69, 9.17) is 4.74 Å². The van der Waals surface area contributed by atoms with Crippen molar-refractivity contribution < 1.29 is 4.74 Å². The number of halogens is 1. The lowest BCUT2D eigenvalue weighted by Crippen LogP contribution is -2.38. The van der Waals surface area contributed by atoms with Crippen LogP contribution in [0.3, 0.4) is 0 Å². The first-order valence-electron chi connectivity index (χ1n) is 9.28. The van der Waals surface area contributed by atoms with E-state index in [1.165, 1.54) is 0 Å². The van der Waals surface area contributed by atoms with Crippen LogP contribution >= 0.6 is 24.0 Å². The Labute approximate surface area is 183 Å². The molecule has 2 N–H and O–H groups in total. The Morgan fingerprint density at radius 1 is 1.11 bits per heavy atom. The van der Waals surface area contributed by atoms with Crippen LogP contribution in [0.15, 0.2) is 53.5 Å². The normalized spacial score (nSPS) is 11.2. The average Bonchev–Trinajstić information content (AvgIpc) is 3.02. The topological polar surface area (TPSA) is 63.5 Å². The number of aryl methyl sites for hydroxylation is 1. The molecule has 28 heavy (non-hydrogen) atoms. The number of para-hydroxylation sites is 2. The van der Waals surface area contributed by atoms with Gasteiger partial charge >= 0.3 is 0 Å². The van der Waals surface area contributed by atoms with Crippen LogP contribution in [0.1, 0.15) is 18.3 Å². The summed E-state index contributed by atoms with van der Waals surface area (Å²) < 4.78 is 7.43. The van der Waals surface area contributed by atoms with Crippen LogP contribution in [0.25, 0.3) is 11.0 Å². The van der Waals surface area contributed by atoms with E-state index in [1.807, 2.05) is 49.4 Å². The number of hydrogen-bond donors (Lipinski definition) is 2. The van der Waals surface area contributed by atoms with Crippen LogP contribution < -0.4 is 15.4 Å². The van der Waals surface area contributed by atoms with Crippen molar-refractivity contribution in [1.82, 2.24) is 20.2 Å². The fraction of sp³-hybridized carbons (Fsp3) is 0.333. The van der Waals surface area contributed by atoms with E-state index in [1.54, 1.807) is 7.11 Å². The molecule has 0 saturated heterocycles. The third-order valence-corrected chi connectivity index (χ3v) is 4.40. The number of aliphatic imine (C=N–C) groups is 1. The molecule has 0 aliphatic rings. The molecule has 3 aromatic rings. The smallest absolute Gasteiger partial charge is 0.191 e. The van der Waals surface area contributed by atoms with Crippen molar-refractivity contribution in [3.05, 3.63) is 59.9 Å². The van der Waals surface area contributed by atoms with Crippen molar-refractivity contribution in [1.29, 1.82) is 0 Å². The minimum atomic E-state index is 0. The molecule has 0 amide bonds. The van der Waals surface area contributed by atoms with Crippen molar-refractivity contribution in [2.45, 2.75) is 26.9 Å². The van der Waals surface area contributed by atoms with Gasteiger partial charge in [-0.25, -0.2) is 9.98 Å². The Hall–Kier alpha value is -2.29. The van der Waals surface area contributed by atoms with Gasteiger partial charge in [0, 0.05) is 19.6 Å². The van der Waals surface area contributed by atoms with E-state index >= 15 is 0 Å². The van der Waals surface area contributed by atoms with Gasteiger partial charge in [0.1, 0.15) is 11.6 Å². The van der Waals surface area contributed by atoms with Gasteiger partial charge in [-0.3, -0.25) is 0 Å². The Kier molecular flexibility index (Phi) is 8.56. The van der Waals surface area contributed by atoms with Crippen molar-refractivity contribution >= 4 is 41.0 Å². The molecule has 0 fully saturated rings. The van der Waals surface area contributed by atoms with Gasteiger partial charge in [0.25, 0.3) is 0 Å². The summed E-state index contributed by atoms with van der Waals surface area (Å²) >= 11 is 0. The van der Waals surface area contributed by atoms with Gasteiger partial charge in [-0.2, -0.15) is 0 Å². The largest absolute Gasteiger partial charge is 0.497 e. The quantitative estimate of drug-likeness (QED) is 0.299. The van der Waals surface area contributed by atoms with E-state index in [9.17, 15) is 0 Å². The fourth-order valence-electron chi connectivity index (χ4n) is 3.01. The predicted molar refractivity (Wildman–Crippen MR) is 126 cm³/mol. The number of fused-ring (bicyclic) bond motifs is 1. The molecule has 3 rings (SSSR count). The summed E-state index contributed by atoms with van der Waals surface area (Å²) in [6, 6.07) is 16.2. The lowest BCUT2D eigenvalue weighted by atomic mass is 10.2. The summed E-state index contributed by atoms with van der Waals surface area (Å²) in [5.74, 6) is 2.70. The lowest BCUT2D eigenvalue weighted by Gasteiger charge is -2.13. The van der Waals surface area contributed by atoms with E-state index in [0.717, 1.165) is 53.8 Å². The Morgan fingerprint density at radius 3 is 2.57 bits per heavy atom. The number of rotatable bonds is 7. The number of nitrogens with zero attached hydrogens (tertiary/aromatic N) is 3. The maximum Gasteiger partial charge on any atom is 0.191 e. The molecule has 6 nitrogen and oxygen atoms in total. The number of methoxy groups -OCH3 is 1. The molecular weight excluding hydrogens is 465 g/mol. The van der Waals surface area contributed by atoms with Gasteiger partial charge in [0.2, 0.25) is 0 Å². The molecule has 1 aromatic heterocycles. The molecule has 150 valence electrons. The minimum absolute atomic E-state index is 0. The number of benzene rings is 2. The molecule has 0 unspecified atom stereocenters.